The maximum atomic E-state index is 13.1. The minimum absolute atomic E-state index is 0.0962. The highest BCUT2D eigenvalue weighted by Crippen LogP contribution is 2.62. The molecule has 2 N–H and O–H groups in total. The number of rotatable bonds is 6. The van der Waals surface area contributed by atoms with Crippen molar-refractivity contribution in [2.24, 2.45) is 23.2 Å². The van der Waals surface area contributed by atoms with Gasteiger partial charge in [-0.2, -0.15) is 0 Å². The second-order valence-electron chi connectivity index (χ2n) is 10.7. The predicted octanol–water partition coefficient (Wildman–Crippen LogP) is 5.53. The van der Waals surface area contributed by atoms with Crippen LogP contribution in [0.2, 0.25) is 0 Å². The summed E-state index contributed by atoms with van der Waals surface area (Å²) in [5.41, 5.74) is 3.60. The fourth-order valence-corrected chi connectivity index (χ4v) is 7.30. The van der Waals surface area contributed by atoms with Gasteiger partial charge in [-0.15, -0.1) is 0 Å². The summed E-state index contributed by atoms with van der Waals surface area (Å²) in [7, 11) is 0. The highest BCUT2D eigenvalue weighted by atomic mass is 16.3. The Labute approximate surface area is 196 Å². The topological polar surface area (TPSA) is 66.4 Å². The van der Waals surface area contributed by atoms with Crippen LogP contribution in [-0.4, -0.2) is 16.8 Å². The van der Waals surface area contributed by atoms with Crippen molar-refractivity contribution in [2.75, 3.05) is 0 Å². The molecule has 2 aromatic carbocycles. The van der Waals surface area contributed by atoms with E-state index in [-0.39, 0.29) is 11.3 Å². The number of ketones is 1. The van der Waals surface area contributed by atoms with Crippen molar-refractivity contribution in [2.45, 2.75) is 70.8 Å². The molecular formula is C29H35NO3. The van der Waals surface area contributed by atoms with Gasteiger partial charge in [0.1, 0.15) is 11.5 Å². The van der Waals surface area contributed by atoms with E-state index in [9.17, 15) is 14.7 Å². The van der Waals surface area contributed by atoms with Crippen LogP contribution in [0.4, 0.5) is 0 Å². The molecule has 5 rings (SSSR count). The van der Waals surface area contributed by atoms with Crippen LogP contribution in [0, 0.1) is 23.2 Å². The number of amides is 1. The van der Waals surface area contributed by atoms with Gasteiger partial charge in [0.05, 0.1) is 0 Å². The Bertz CT molecular complexity index is 1030. The summed E-state index contributed by atoms with van der Waals surface area (Å²) in [6.07, 6.45) is 7.11. The van der Waals surface area contributed by atoms with Crippen LogP contribution < -0.4 is 5.32 Å². The summed E-state index contributed by atoms with van der Waals surface area (Å²) in [5.74, 6) is 2.72. The van der Waals surface area contributed by atoms with Gasteiger partial charge in [0, 0.05) is 24.8 Å². The maximum Gasteiger partial charge on any atom is 0.220 e. The second kappa shape index (κ2) is 8.96. The number of aromatic hydroxyl groups is 1. The molecule has 33 heavy (non-hydrogen) atoms. The number of hydrogen-bond donors (Lipinski definition) is 2. The molecule has 0 spiro atoms. The summed E-state index contributed by atoms with van der Waals surface area (Å²) in [5, 5.41) is 13.0. The smallest absolute Gasteiger partial charge is 0.220 e. The van der Waals surface area contributed by atoms with Gasteiger partial charge >= 0.3 is 0 Å². The highest BCUT2D eigenvalue weighted by Gasteiger charge is 2.58. The fraction of sp³-hybridized carbons (Fsp3) is 0.517. The van der Waals surface area contributed by atoms with Crippen LogP contribution in [0.25, 0.3) is 0 Å². The van der Waals surface area contributed by atoms with Crippen LogP contribution in [-0.2, 0) is 22.6 Å². The summed E-state index contributed by atoms with van der Waals surface area (Å²) in [6.45, 7) is 2.79. The van der Waals surface area contributed by atoms with E-state index in [0.29, 0.717) is 54.6 Å². The van der Waals surface area contributed by atoms with Crippen LogP contribution in [0.5, 0.6) is 5.75 Å². The Morgan fingerprint density at radius 3 is 2.79 bits per heavy atom. The molecule has 4 nitrogen and oxygen atoms in total. The number of phenols is 1. The molecule has 0 aliphatic heterocycles. The predicted molar refractivity (Wildman–Crippen MR) is 129 cm³/mol. The number of carbonyl (C=O) groups is 2. The third-order valence-corrected chi connectivity index (χ3v) is 8.87. The van der Waals surface area contributed by atoms with Crippen molar-refractivity contribution in [1.29, 1.82) is 0 Å². The van der Waals surface area contributed by atoms with Gasteiger partial charge in [0.2, 0.25) is 5.91 Å². The maximum absolute atomic E-state index is 13.1. The SMILES string of the molecule is C[C@]12CC[C@@H]3c4ccc(O)cc4CC[C@H]3[C@@H]1[C@@H](CCCC(=O)NCc1ccccc1)CC2=O. The number of fused-ring (bicyclic) bond motifs is 5. The Morgan fingerprint density at radius 2 is 1.97 bits per heavy atom. The van der Waals surface area contributed by atoms with Crippen molar-refractivity contribution in [1.82, 2.24) is 5.32 Å². The van der Waals surface area contributed by atoms with Gasteiger partial charge in [-0.3, -0.25) is 9.59 Å². The van der Waals surface area contributed by atoms with Crippen molar-refractivity contribution in [3.63, 3.8) is 0 Å². The number of carbonyl (C=O) groups excluding carboxylic acids is 2. The van der Waals surface area contributed by atoms with Gasteiger partial charge in [0.25, 0.3) is 0 Å². The molecule has 0 aromatic heterocycles. The second-order valence-corrected chi connectivity index (χ2v) is 10.7. The van der Waals surface area contributed by atoms with Crippen molar-refractivity contribution in [3.05, 3.63) is 65.2 Å². The molecule has 0 heterocycles. The first-order valence-corrected chi connectivity index (χ1v) is 12.6. The normalized spacial score (nSPS) is 30.3. The zero-order valence-corrected chi connectivity index (χ0v) is 19.6. The van der Waals surface area contributed by atoms with E-state index in [1.165, 1.54) is 11.1 Å². The average Bonchev–Trinajstić information content (AvgIpc) is 3.08. The lowest BCUT2D eigenvalue weighted by molar-refractivity contribution is -0.129. The first kappa shape index (κ1) is 22.2. The molecule has 1 amide bonds. The highest BCUT2D eigenvalue weighted by molar-refractivity contribution is 5.87. The minimum Gasteiger partial charge on any atom is -0.508 e. The summed E-state index contributed by atoms with van der Waals surface area (Å²) in [6, 6.07) is 15.9. The van der Waals surface area contributed by atoms with E-state index in [2.05, 4.69) is 18.3 Å². The first-order valence-electron chi connectivity index (χ1n) is 12.6. The van der Waals surface area contributed by atoms with E-state index < -0.39 is 0 Å². The Morgan fingerprint density at radius 1 is 1.15 bits per heavy atom. The monoisotopic (exact) mass is 445 g/mol. The fourth-order valence-electron chi connectivity index (χ4n) is 7.30. The Hall–Kier alpha value is -2.62. The Kier molecular flexibility index (Phi) is 6.03. The van der Waals surface area contributed by atoms with Crippen LogP contribution in [0.15, 0.2) is 48.5 Å². The molecule has 0 radical (unpaired) electrons. The third-order valence-electron chi connectivity index (χ3n) is 8.87. The lowest BCUT2D eigenvalue weighted by Gasteiger charge is -2.50. The molecular weight excluding hydrogens is 410 g/mol. The molecule has 3 aliphatic rings. The van der Waals surface area contributed by atoms with Gasteiger partial charge < -0.3 is 10.4 Å². The van der Waals surface area contributed by atoms with E-state index in [1.807, 2.05) is 42.5 Å². The third kappa shape index (κ3) is 4.20. The number of aryl methyl sites for hydroxylation is 1. The summed E-state index contributed by atoms with van der Waals surface area (Å²) in [4.78, 5) is 25.5. The molecule has 174 valence electrons. The minimum atomic E-state index is -0.199. The van der Waals surface area contributed by atoms with Gasteiger partial charge in [-0.1, -0.05) is 43.3 Å². The molecule has 0 bridgehead atoms. The summed E-state index contributed by atoms with van der Waals surface area (Å²) < 4.78 is 0. The van der Waals surface area contributed by atoms with Crippen molar-refractivity contribution < 1.29 is 14.7 Å². The average molecular weight is 446 g/mol. The molecule has 2 saturated carbocycles. The number of nitrogens with one attached hydrogen (secondary N) is 1. The van der Waals surface area contributed by atoms with Crippen LogP contribution in [0.3, 0.4) is 0 Å². The zero-order valence-electron chi connectivity index (χ0n) is 19.6. The van der Waals surface area contributed by atoms with Gasteiger partial charge in [0.15, 0.2) is 0 Å². The van der Waals surface area contributed by atoms with Gasteiger partial charge in [-0.25, -0.2) is 0 Å². The molecule has 2 fully saturated rings. The standard InChI is InChI=1S/C29H35NO3/c1-29-15-14-24-23-13-11-22(31)16-20(23)10-12-25(24)28(29)21(17-26(29)32)8-5-9-27(33)30-18-19-6-3-2-4-7-19/h2-4,6-7,11,13,16,21,24-25,28,31H,5,8-10,12,14-15,17-18H2,1H3,(H,30,33)/t21-,24+,25+,28-,29+/m0/s1. The molecule has 0 saturated heterocycles. The molecule has 5 atom stereocenters. The number of benzene rings is 2. The largest absolute Gasteiger partial charge is 0.508 e. The number of hydrogen-bond acceptors (Lipinski definition) is 3. The van der Waals surface area contributed by atoms with Crippen molar-refractivity contribution in [3.8, 4) is 5.75 Å². The van der Waals surface area contributed by atoms with E-state index >= 15 is 0 Å². The lowest BCUT2D eigenvalue weighted by Crippen LogP contribution is -2.44. The van der Waals surface area contributed by atoms with E-state index in [1.54, 1.807) is 0 Å². The first-order chi connectivity index (χ1) is 16.0. The van der Waals surface area contributed by atoms with Crippen LogP contribution >= 0.6 is 0 Å². The molecule has 3 aliphatic carbocycles. The lowest BCUT2D eigenvalue weighted by atomic mass is 9.54. The Balaban J connectivity index is 1.23. The molecule has 4 heteroatoms. The van der Waals surface area contributed by atoms with E-state index in [4.69, 9.17) is 0 Å². The number of Topliss-reactive ketones (excluding diaryl/α,β-unsaturated/α-hetero) is 1. The van der Waals surface area contributed by atoms with Gasteiger partial charge in [-0.05, 0) is 91.0 Å². The molecule has 0 unspecified atom stereocenters. The van der Waals surface area contributed by atoms with Crippen molar-refractivity contribution >= 4 is 11.7 Å². The summed E-state index contributed by atoms with van der Waals surface area (Å²) >= 11 is 0. The number of phenolic OH excluding ortho intramolecular Hbond substituents is 1. The van der Waals surface area contributed by atoms with Crippen LogP contribution in [0.1, 0.15) is 74.5 Å². The quantitative estimate of drug-likeness (QED) is 0.614. The molecule has 2 aromatic rings. The van der Waals surface area contributed by atoms with E-state index in [0.717, 1.165) is 44.1 Å². The zero-order chi connectivity index (χ0) is 23.0.